The summed E-state index contributed by atoms with van der Waals surface area (Å²) >= 11 is 3.13. The van der Waals surface area contributed by atoms with E-state index in [1.807, 2.05) is 0 Å². The lowest BCUT2D eigenvalue weighted by Gasteiger charge is -1.94. The van der Waals surface area contributed by atoms with E-state index in [4.69, 9.17) is 0 Å². The molecule has 0 aromatic carbocycles. The van der Waals surface area contributed by atoms with Gasteiger partial charge in [-0.05, 0) is 28.1 Å². The Balaban J connectivity index is 3.19. The summed E-state index contributed by atoms with van der Waals surface area (Å²) in [5.74, 6) is -0.350. The molecular formula is C7H5BrFN. The molecule has 10 heavy (non-hydrogen) atoms. The molecule has 0 saturated heterocycles. The quantitative estimate of drug-likeness (QED) is 0.681. The first kappa shape index (κ1) is 7.41. The van der Waals surface area contributed by atoms with Gasteiger partial charge < -0.3 is 0 Å². The van der Waals surface area contributed by atoms with Crippen molar-refractivity contribution in [1.82, 2.24) is 4.98 Å². The van der Waals surface area contributed by atoms with Gasteiger partial charge in [-0.2, -0.15) is 0 Å². The maximum Gasteiger partial charge on any atom is 0.142 e. The molecule has 1 rings (SSSR count). The lowest BCUT2D eigenvalue weighted by Crippen LogP contribution is -1.83. The summed E-state index contributed by atoms with van der Waals surface area (Å²) in [7, 11) is 0. The van der Waals surface area contributed by atoms with Crippen LogP contribution >= 0.6 is 15.9 Å². The molecule has 0 bridgehead atoms. The first-order chi connectivity index (χ1) is 4.74. The van der Waals surface area contributed by atoms with Crippen LogP contribution in [0.2, 0.25) is 0 Å². The molecule has 0 fully saturated rings. The molecular weight excluding hydrogens is 197 g/mol. The Labute approximate surface area is 66.7 Å². The van der Waals surface area contributed by atoms with Crippen LogP contribution in [-0.4, -0.2) is 4.98 Å². The minimum Gasteiger partial charge on any atom is -0.253 e. The highest BCUT2D eigenvalue weighted by molar-refractivity contribution is 9.10. The SMILES string of the molecule is C=Cc1ncc(F)cc1Br. The van der Waals surface area contributed by atoms with Gasteiger partial charge in [-0.15, -0.1) is 0 Å². The van der Waals surface area contributed by atoms with E-state index < -0.39 is 0 Å². The lowest BCUT2D eigenvalue weighted by atomic mass is 10.3. The third kappa shape index (κ3) is 1.42. The van der Waals surface area contributed by atoms with E-state index in [0.29, 0.717) is 10.2 Å². The predicted octanol–water partition coefficient (Wildman–Crippen LogP) is 2.63. The van der Waals surface area contributed by atoms with Crippen molar-refractivity contribution in [2.75, 3.05) is 0 Å². The van der Waals surface area contributed by atoms with Crippen molar-refractivity contribution in [1.29, 1.82) is 0 Å². The molecule has 1 aromatic heterocycles. The Hall–Kier alpha value is -0.700. The molecule has 52 valence electrons. The van der Waals surface area contributed by atoms with E-state index in [1.54, 1.807) is 6.08 Å². The second-order valence-corrected chi connectivity index (χ2v) is 2.58. The van der Waals surface area contributed by atoms with Crippen LogP contribution in [0.5, 0.6) is 0 Å². The van der Waals surface area contributed by atoms with Gasteiger partial charge in [0, 0.05) is 4.47 Å². The van der Waals surface area contributed by atoms with Gasteiger partial charge in [-0.3, -0.25) is 4.98 Å². The highest BCUT2D eigenvalue weighted by Crippen LogP contribution is 2.15. The number of hydrogen-bond acceptors (Lipinski definition) is 1. The van der Waals surface area contributed by atoms with Gasteiger partial charge >= 0.3 is 0 Å². The van der Waals surface area contributed by atoms with Crippen LogP contribution in [0.15, 0.2) is 23.3 Å². The van der Waals surface area contributed by atoms with E-state index in [-0.39, 0.29) is 5.82 Å². The van der Waals surface area contributed by atoms with Crippen LogP contribution in [0.4, 0.5) is 4.39 Å². The number of halogens is 2. The lowest BCUT2D eigenvalue weighted by molar-refractivity contribution is 0.620. The van der Waals surface area contributed by atoms with Gasteiger partial charge in [-0.1, -0.05) is 6.58 Å². The summed E-state index contributed by atoms with van der Waals surface area (Å²) < 4.78 is 13.0. The van der Waals surface area contributed by atoms with Crippen LogP contribution < -0.4 is 0 Å². The molecule has 0 radical (unpaired) electrons. The average Bonchev–Trinajstić information content (AvgIpc) is 1.88. The van der Waals surface area contributed by atoms with E-state index in [0.717, 1.165) is 6.20 Å². The Morgan fingerprint density at radius 1 is 1.70 bits per heavy atom. The summed E-state index contributed by atoms with van der Waals surface area (Å²) in [6, 6.07) is 1.35. The maximum atomic E-state index is 12.4. The first-order valence-electron chi connectivity index (χ1n) is 2.67. The molecule has 0 spiro atoms. The third-order valence-electron chi connectivity index (χ3n) is 1.03. The predicted molar refractivity (Wildman–Crippen MR) is 42.0 cm³/mol. The molecule has 0 N–H and O–H groups in total. The molecule has 1 heterocycles. The molecule has 0 aliphatic carbocycles. The van der Waals surface area contributed by atoms with Gasteiger partial charge in [-0.25, -0.2) is 4.39 Å². The fraction of sp³-hybridized carbons (Fsp3) is 0. The average molecular weight is 202 g/mol. The van der Waals surface area contributed by atoms with Crippen molar-refractivity contribution in [3.05, 3.63) is 34.8 Å². The van der Waals surface area contributed by atoms with Gasteiger partial charge in [0.1, 0.15) is 5.82 Å². The van der Waals surface area contributed by atoms with E-state index >= 15 is 0 Å². The minimum atomic E-state index is -0.350. The third-order valence-corrected chi connectivity index (χ3v) is 1.66. The number of pyridine rings is 1. The fourth-order valence-electron chi connectivity index (χ4n) is 0.575. The second kappa shape index (κ2) is 2.92. The van der Waals surface area contributed by atoms with E-state index in [1.165, 1.54) is 6.07 Å². The van der Waals surface area contributed by atoms with Crippen molar-refractivity contribution in [2.24, 2.45) is 0 Å². The van der Waals surface area contributed by atoms with Gasteiger partial charge in [0.15, 0.2) is 0 Å². The summed E-state index contributed by atoms with van der Waals surface area (Å²) in [4.78, 5) is 3.76. The molecule has 0 amide bonds. The first-order valence-corrected chi connectivity index (χ1v) is 3.47. The maximum absolute atomic E-state index is 12.4. The van der Waals surface area contributed by atoms with Gasteiger partial charge in [0.05, 0.1) is 11.9 Å². The van der Waals surface area contributed by atoms with Crippen LogP contribution in [0, 0.1) is 5.82 Å². The van der Waals surface area contributed by atoms with Gasteiger partial charge in [0.2, 0.25) is 0 Å². The minimum absolute atomic E-state index is 0.350. The number of nitrogens with zero attached hydrogens (tertiary/aromatic N) is 1. The number of rotatable bonds is 1. The van der Waals surface area contributed by atoms with Crippen LogP contribution in [0.3, 0.4) is 0 Å². The standard InChI is InChI=1S/C7H5BrFN/c1-2-7-6(8)3-5(9)4-10-7/h2-4H,1H2. The summed E-state index contributed by atoms with van der Waals surface area (Å²) in [6.07, 6.45) is 2.71. The second-order valence-electron chi connectivity index (χ2n) is 1.72. The Morgan fingerprint density at radius 2 is 2.40 bits per heavy atom. The van der Waals surface area contributed by atoms with E-state index in [2.05, 4.69) is 27.5 Å². The Morgan fingerprint density at radius 3 is 2.90 bits per heavy atom. The molecule has 0 aliphatic rings. The van der Waals surface area contributed by atoms with Crippen LogP contribution in [0.25, 0.3) is 6.08 Å². The molecule has 0 unspecified atom stereocenters. The zero-order valence-corrected chi connectivity index (χ0v) is 6.73. The largest absolute Gasteiger partial charge is 0.253 e. The number of hydrogen-bond donors (Lipinski definition) is 0. The Bertz CT molecular complexity index is 260. The van der Waals surface area contributed by atoms with Crippen molar-refractivity contribution in [2.45, 2.75) is 0 Å². The molecule has 0 aliphatic heterocycles. The van der Waals surface area contributed by atoms with Crippen LogP contribution in [-0.2, 0) is 0 Å². The molecule has 1 nitrogen and oxygen atoms in total. The summed E-state index contributed by atoms with van der Waals surface area (Å²) in [5, 5.41) is 0. The normalized spacial score (nSPS) is 9.40. The fourth-order valence-corrected chi connectivity index (χ4v) is 1.06. The van der Waals surface area contributed by atoms with Crippen molar-refractivity contribution < 1.29 is 4.39 Å². The van der Waals surface area contributed by atoms with Crippen molar-refractivity contribution >= 4 is 22.0 Å². The Kier molecular flexibility index (Phi) is 2.17. The topological polar surface area (TPSA) is 12.9 Å². The van der Waals surface area contributed by atoms with Crippen LogP contribution in [0.1, 0.15) is 5.69 Å². The summed E-state index contributed by atoms with van der Waals surface area (Å²) in [5.41, 5.74) is 0.654. The molecule has 0 saturated carbocycles. The summed E-state index contributed by atoms with van der Waals surface area (Å²) in [6.45, 7) is 3.51. The molecule has 1 aromatic rings. The van der Waals surface area contributed by atoms with E-state index in [9.17, 15) is 4.39 Å². The smallest absolute Gasteiger partial charge is 0.142 e. The van der Waals surface area contributed by atoms with Crippen molar-refractivity contribution in [3.8, 4) is 0 Å². The highest BCUT2D eigenvalue weighted by atomic mass is 79.9. The van der Waals surface area contributed by atoms with Gasteiger partial charge in [0.25, 0.3) is 0 Å². The molecule has 0 atom stereocenters. The zero-order valence-electron chi connectivity index (χ0n) is 5.14. The number of aromatic nitrogens is 1. The monoisotopic (exact) mass is 201 g/mol. The highest BCUT2D eigenvalue weighted by Gasteiger charge is 1.97. The zero-order chi connectivity index (χ0) is 7.56. The van der Waals surface area contributed by atoms with Crippen molar-refractivity contribution in [3.63, 3.8) is 0 Å². The molecule has 3 heteroatoms.